The maximum atomic E-state index is 13.1. The number of hydrogen-bond donors (Lipinski definition) is 6. The predicted molar refractivity (Wildman–Crippen MR) is 144 cm³/mol. The summed E-state index contributed by atoms with van der Waals surface area (Å²) >= 11 is 0. The molecule has 8 N–H and O–H groups in total. The van der Waals surface area contributed by atoms with Gasteiger partial charge in [0.15, 0.2) is 29.6 Å². The number of nitrogens with zero attached hydrogens (tertiary/aromatic N) is 7. The van der Waals surface area contributed by atoms with Gasteiger partial charge in [-0.25, -0.2) is 33.7 Å². The Labute approximate surface area is 246 Å². The molecule has 0 aromatic carbocycles. The lowest BCUT2D eigenvalue weighted by atomic mass is 10.1. The summed E-state index contributed by atoms with van der Waals surface area (Å²) in [5.41, 5.74) is 13.0. The summed E-state index contributed by atoms with van der Waals surface area (Å²) in [6.45, 7) is -1.37. The van der Waals surface area contributed by atoms with E-state index in [0.29, 0.717) is 11.2 Å². The zero-order valence-corrected chi connectivity index (χ0v) is 23.9. The van der Waals surface area contributed by atoms with E-state index in [1.54, 1.807) is 0 Å². The van der Waals surface area contributed by atoms with E-state index in [-0.39, 0.29) is 22.6 Å². The van der Waals surface area contributed by atoms with Gasteiger partial charge >= 0.3 is 18.1 Å². The van der Waals surface area contributed by atoms with Gasteiger partial charge in [0.2, 0.25) is 0 Å². The van der Waals surface area contributed by atoms with Crippen LogP contribution in [0.1, 0.15) is 12.5 Å². The van der Waals surface area contributed by atoms with Crippen LogP contribution in [-0.2, 0) is 37.6 Å². The molecule has 3 aliphatic rings. The smallest absolute Gasteiger partial charge is 0.397 e. The molecular weight excluding hydrogens is 631 g/mol. The van der Waals surface area contributed by atoms with Crippen molar-refractivity contribution in [3.8, 4) is 0 Å². The lowest BCUT2D eigenvalue weighted by Gasteiger charge is -2.26. The highest BCUT2D eigenvalue weighted by molar-refractivity contribution is 7.84. The number of aliphatic hydroxyl groups is 2. The number of phosphoric acid groups is 1. The highest BCUT2D eigenvalue weighted by Gasteiger charge is 2.53. The van der Waals surface area contributed by atoms with Crippen LogP contribution in [0.3, 0.4) is 0 Å². The molecule has 9 unspecified atom stereocenters. The van der Waals surface area contributed by atoms with Crippen LogP contribution in [0.4, 0.5) is 11.5 Å². The Bertz CT molecular complexity index is 1890. The molecule has 3 fully saturated rings. The summed E-state index contributed by atoms with van der Waals surface area (Å²) in [4.78, 5) is 31.0. The van der Waals surface area contributed by atoms with Gasteiger partial charge in [-0.05, 0) is 6.07 Å². The van der Waals surface area contributed by atoms with E-state index < -0.39 is 80.4 Å². The number of hydrogen-bond acceptors (Lipinski definition) is 17. The third-order valence-electron chi connectivity index (χ3n) is 7.40. The fraction of sp³-hybridized carbons (Fsp3) is 0.476. The van der Waals surface area contributed by atoms with Gasteiger partial charge in [-0.15, -0.1) is 0 Å². The number of anilines is 2. The molecule has 0 spiro atoms. The number of aromatic nitrogens is 7. The standard InChI is InChI=1S/C21H25N10O11PS/c22-8-1-2-24-18-11(8)27-6-30(18)21-14(33)16-10(40-21)4-38-43(34,35)41-15-9(3-29-44(36,37)42-16)39-20(13(15)32)31-7-28-12-17(23)25-5-26-19(12)31/h1-2,5-7,9-10,13-16,20-21,29,32-33H,3-4H2,(H2,22,24)(H,34,35)(H2,23,25,26). The number of phosphoric ester groups is 1. The Balaban J connectivity index is 1.17. The van der Waals surface area contributed by atoms with Crippen LogP contribution in [0.5, 0.6) is 0 Å². The van der Waals surface area contributed by atoms with Crippen molar-refractivity contribution in [3.05, 3.63) is 31.2 Å². The zero-order chi connectivity index (χ0) is 31.0. The minimum absolute atomic E-state index is 0.0564. The molecule has 23 heteroatoms. The van der Waals surface area contributed by atoms with Crippen molar-refractivity contribution in [2.45, 2.75) is 49.1 Å². The topological polar surface area (TPSA) is 296 Å². The number of imidazole rings is 2. The van der Waals surface area contributed by atoms with Crippen LogP contribution < -0.4 is 16.2 Å². The van der Waals surface area contributed by atoms with Crippen molar-refractivity contribution in [1.29, 1.82) is 0 Å². The zero-order valence-electron chi connectivity index (χ0n) is 22.2. The second kappa shape index (κ2) is 10.6. The van der Waals surface area contributed by atoms with Crippen LogP contribution in [0.2, 0.25) is 0 Å². The third-order valence-corrected chi connectivity index (χ3v) is 9.38. The first-order chi connectivity index (χ1) is 20.9. The van der Waals surface area contributed by atoms with Crippen molar-refractivity contribution in [1.82, 2.24) is 38.8 Å². The van der Waals surface area contributed by atoms with E-state index in [1.807, 2.05) is 0 Å². The maximum absolute atomic E-state index is 13.1. The Morgan fingerprint density at radius 2 is 1.59 bits per heavy atom. The van der Waals surface area contributed by atoms with Gasteiger partial charge < -0.3 is 36.0 Å². The number of aliphatic hydroxyl groups excluding tert-OH is 2. The molecule has 0 amide bonds. The summed E-state index contributed by atoms with van der Waals surface area (Å²) in [5, 5.41) is 22.3. The normalized spacial score (nSPS) is 36.1. The first kappa shape index (κ1) is 29.3. The first-order valence-electron chi connectivity index (χ1n) is 12.9. The average molecular weight is 657 g/mol. The van der Waals surface area contributed by atoms with Gasteiger partial charge in [0.05, 0.1) is 24.9 Å². The van der Waals surface area contributed by atoms with Gasteiger partial charge in [0, 0.05) is 12.7 Å². The van der Waals surface area contributed by atoms with Gasteiger partial charge in [0.1, 0.15) is 54.0 Å². The van der Waals surface area contributed by atoms with Gasteiger partial charge in [0.25, 0.3) is 0 Å². The van der Waals surface area contributed by atoms with Crippen molar-refractivity contribution >= 4 is 52.0 Å². The molecule has 0 aliphatic carbocycles. The van der Waals surface area contributed by atoms with E-state index >= 15 is 0 Å². The predicted octanol–water partition coefficient (Wildman–Crippen LogP) is -2.31. The molecule has 0 bridgehead atoms. The van der Waals surface area contributed by atoms with Crippen LogP contribution >= 0.6 is 7.82 Å². The monoisotopic (exact) mass is 656 g/mol. The second-order valence-corrected chi connectivity index (χ2v) is 12.9. The third kappa shape index (κ3) is 4.98. The number of pyridine rings is 1. The molecule has 4 aromatic heterocycles. The maximum Gasteiger partial charge on any atom is 0.472 e. The second-order valence-electron chi connectivity index (χ2n) is 10.1. The van der Waals surface area contributed by atoms with Gasteiger partial charge in [-0.3, -0.25) is 18.2 Å². The molecular formula is C21H25N10O11PS. The van der Waals surface area contributed by atoms with E-state index in [9.17, 15) is 28.1 Å². The molecule has 7 rings (SSSR count). The minimum Gasteiger partial charge on any atom is -0.397 e. The van der Waals surface area contributed by atoms with E-state index in [4.69, 9.17) is 34.2 Å². The summed E-state index contributed by atoms with van der Waals surface area (Å²) in [7, 11) is -9.63. The number of fused-ring (bicyclic) bond motifs is 4. The molecule has 3 aliphatic heterocycles. The largest absolute Gasteiger partial charge is 0.472 e. The Hall–Kier alpha value is -3.41. The SMILES string of the molecule is Nc1ccnc2c1ncn2C1OC2COP(=O)(O)OC3C(CNS(=O)(=O)OC2C1O)OC(n1cnc2c(N)ncnc21)C3O. The van der Waals surface area contributed by atoms with Crippen LogP contribution in [0.25, 0.3) is 22.3 Å². The Kier molecular flexibility index (Phi) is 7.06. The van der Waals surface area contributed by atoms with Crippen molar-refractivity contribution in [2.75, 3.05) is 24.6 Å². The molecule has 21 nitrogen and oxygen atoms in total. The highest BCUT2D eigenvalue weighted by atomic mass is 32.2. The summed E-state index contributed by atoms with van der Waals surface area (Å²) in [6.07, 6.45) is -6.80. The molecule has 0 saturated carbocycles. The lowest BCUT2D eigenvalue weighted by molar-refractivity contribution is -0.0549. The fourth-order valence-corrected chi connectivity index (χ4v) is 7.29. The van der Waals surface area contributed by atoms with Crippen LogP contribution in [0, 0.1) is 0 Å². The molecule has 44 heavy (non-hydrogen) atoms. The van der Waals surface area contributed by atoms with Crippen molar-refractivity contribution < 1.29 is 50.8 Å². The van der Waals surface area contributed by atoms with E-state index in [0.717, 1.165) is 0 Å². The molecule has 9 atom stereocenters. The van der Waals surface area contributed by atoms with Crippen LogP contribution in [0.15, 0.2) is 31.2 Å². The first-order valence-corrected chi connectivity index (χ1v) is 15.8. The molecule has 7 heterocycles. The Morgan fingerprint density at radius 1 is 0.932 bits per heavy atom. The average Bonchev–Trinajstić information content (AvgIpc) is 3.73. The summed E-state index contributed by atoms with van der Waals surface area (Å²) < 4.78 is 71.4. The van der Waals surface area contributed by atoms with E-state index in [1.165, 1.54) is 40.4 Å². The number of nitrogen functional groups attached to an aromatic ring is 2. The number of ether oxygens (including phenoxy) is 2. The highest BCUT2D eigenvalue weighted by Crippen LogP contribution is 2.50. The lowest BCUT2D eigenvalue weighted by Crippen LogP contribution is -2.46. The van der Waals surface area contributed by atoms with E-state index in [2.05, 4.69) is 29.6 Å². The fourth-order valence-electron chi connectivity index (χ4n) is 5.36. The number of nitrogens with one attached hydrogen (secondary N) is 1. The summed E-state index contributed by atoms with van der Waals surface area (Å²) in [5.74, 6) is 0.0564. The quantitative estimate of drug-likeness (QED) is 0.123. The Morgan fingerprint density at radius 3 is 2.34 bits per heavy atom. The number of rotatable bonds is 2. The minimum atomic E-state index is -4.98. The van der Waals surface area contributed by atoms with Crippen LogP contribution in [-0.4, -0.2) is 107 Å². The van der Waals surface area contributed by atoms with Crippen molar-refractivity contribution in [2.24, 2.45) is 0 Å². The molecule has 236 valence electrons. The molecule has 3 saturated heterocycles. The van der Waals surface area contributed by atoms with Gasteiger partial charge in [-0.2, -0.15) is 13.1 Å². The van der Waals surface area contributed by atoms with Gasteiger partial charge in [-0.1, -0.05) is 0 Å². The summed E-state index contributed by atoms with van der Waals surface area (Å²) in [6, 6.07) is 1.52. The van der Waals surface area contributed by atoms with Crippen molar-refractivity contribution in [3.63, 3.8) is 0 Å². The molecule has 0 radical (unpaired) electrons. The molecule has 4 aromatic rings. The number of nitrogens with two attached hydrogens (primary N) is 2.